The van der Waals surface area contributed by atoms with Crippen molar-refractivity contribution >= 4 is 34.6 Å². The van der Waals surface area contributed by atoms with Crippen molar-refractivity contribution in [2.45, 2.75) is 6.92 Å². The number of nitrogens with zero attached hydrogens (tertiary/aromatic N) is 1. The maximum Gasteiger partial charge on any atom is 0.257 e. The minimum atomic E-state index is -0.220. The molecule has 0 unspecified atom stereocenters. The van der Waals surface area contributed by atoms with E-state index in [1.807, 2.05) is 62.3 Å². The second kappa shape index (κ2) is 7.04. The molecule has 0 heterocycles. The third kappa shape index (κ3) is 4.30. The van der Waals surface area contributed by atoms with Gasteiger partial charge in [-0.2, -0.15) is 0 Å². The summed E-state index contributed by atoms with van der Waals surface area (Å²) < 4.78 is 0. The normalized spacial score (nSPS) is 9.95. The van der Waals surface area contributed by atoms with Gasteiger partial charge in [0.2, 0.25) is 0 Å². The van der Waals surface area contributed by atoms with Gasteiger partial charge in [-0.3, -0.25) is 10.1 Å². The standard InChI is InChI=1S/C17H19N3OS/c1-12-4-6-13(7-5-12)16(21)19-17(22)18-14-8-10-15(11-9-14)20(2)3/h4-11H,1-3H3,(H2,18,19,21,22). The topological polar surface area (TPSA) is 44.4 Å². The summed E-state index contributed by atoms with van der Waals surface area (Å²) >= 11 is 5.17. The average Bonchev–Trinajstić information content (AvgIpc) is 2.48. The Hall–Kier alpha value is -2.40. The number of carbonyl (C=O) groups is 1. The highest BCUT2D eigenvalue weighted by Crippen LogP contribution is 2.15. The van der Waals surface area contributed by atoms with Crippen LogP contribution < -0.4 is 15.5 Å². The van der Waals surface area contributed by atoms with E-state index in [2.05, 4.69) is 10.6 Å². The summed E-state index contributed by atoms with van der Waals surface area (Å²) in [5, 5.41) is 5.95. The Balaban J connectivity index is 1.94. The molecule has 0 saturated heterocycles. The SMILES string of the molecule is Cc1ccc(C(=O)NC(=S)Nc2ccc(N(C)C)cc2)cc1. The summed E-state index contributed by atoms with van der Waals surface area (Å²) in [7, 11) is 3.96. The molecular weight excluding hydrogens is 294 g/mol. The molecule has 0 aromatic heterocycles. The van der Waals surface area contributed by atoms with Crippen LogP contribution in [0, 0.1) is 6.92 Å². The third-order valence-electron chi connectivity index (χ3n) is 3.18. The van der Waals surface area contributed by atoms with Crippen LogP contribution >= 0.6 is 12.2 Å². The molecule has 2 rings (SSSR count). The molecule has 4 nitrogen and oxygen atoms in total. The lowest BCUT2D eigenvalue weighted by atomic mass is 10.1. The largest absolute Gasteiger partial charge is 0.378 e. The zero-order valence-corrected chi connectivity index (χ0v) is 13.7. The van der Waals surface area contributed by atoms with Gasteiger partial charge in [-0.15, -0.1) is 0 Å². The van der Waals surface area contributed by atoms with Crippen molar-refractivity contribution in [3.8, 4) is 0 Å². The van der Waals surface area contributed by atoms with Crippen LogP contribution in [0.1, 0.15) is 15.9 Å². The minimum absolute atomic E-state index is 0.220. The maximum atomic E-state index is 12.1. The lowest BCUT2D eigenvalue weighted by Gasteiger charge is -2.14. The number of hydrogen-bond donors (Lipinski definition) is 2. The number of rotatable bonds is 3. The average molecular weight is 313 g/mol. The summed E-state index contributed by atoms with van der Waals surface area (Å²) in [4.78, 5) is 14.1. The Morgan fingerprint density at radius 3 is 2.14 bits per heavy atom. The Morgan fingerprint density at radius 1 is 1.00 bits per heavy atom. The molecule has 2 aromatic rings. The number of hydrogen-bond acceptors (Lipinski definition) is 3. The third-order valence-corrected chi connectivity index (χ3v) is 3.39. The van der Waals surface area contributed by atoms with Crippen LogP contribution in [0.15, 0.2) is 48.5 Å². The summed E-state index contributed by atoms with van der Waals surface area (Å²) in [6.45, 7) is 1.98. The van der Waals surface area contributed by atoms with E-state index in [0.717, 1.165) is 16.9 Å². The van der Waals surface area contributed by atoms with Crippen molar-refractivity contribution in [3.63, 3.8) is 0 Å². The maximum absolute atomic E-state index is 12.1. The van der Waals surface area contributed by atoms with Crippen molar-refractivity contribution in [2.24, 2.45) is 0 Å². The lowest BCUT2D eigenvalue weighted by molar-refractivity contribution is 0.0978. The molecule has 114 valence electrons. The second-order valence-corrected chi connectivity index (χ2v) is 5.62. The lowest BCUT2D eigenvalue weighted by Crippen LogP contribution is -2.34. The first-order valence-electron chi connectivity index (χ1n) is 6.92. The molecule has 2 aromatic carbocycles. The van der Waals surface area contributed by atoms with E-state index in [1.165, 1.54) is 0 Å². The van der Waals surface area contributed by atoms with Crippen molar-refractivity contribution in [1.29, 1.82) is 0 Å². The fourth-order valence-electron chi connectivity index (χ4n) is 1.89. The smallest absolute Gasteiger partial charge is 0.257 e. The van der Waals surface area contributed by atoms with Crippen LogP contribution in [-0.2, 0) is 0 Å². The molecule has 0 saturated carbocycles. The molecule has 0 atom stereocenters. The molecule has 0 aliphatic heterocycles. The molecule has 2 N–H and O–H groups in total. The van der Waals surface area contributed by atoms with Gasteiger partial charge >= 0.3 is 0 Å². The molecule has 0 radical (unpaired) electrons. The summed E-state index contributed by atoms with van der Waals surface area (Å²) in [6, 6.07) is 15.1. The number of benzene rings is 2. The molecule has 0 bridgehead atoms. The van der Waals surface area contributed by atoms with Crippen LogP contribution in [-0.4, -0.2) is 25.1 Å². The van der Waals surface area contributed by atoms with Gasteiger partial charge in [-0.25, -0.2) is 0 Å². The van der Waals surface area contributed by atoms with E-state index >= 15 is 0 Å². The molecule has 0 aliphatic carbocycles. The van der Waals surface area contributed by atoms with Gasteiger partial charge in [0.25, 0.3) is 5.91 Å². The Morgan fingerprint density at radius 2 is 1.59 bits per heavy atom. The summed E-state index contributed by atoms with van der Waals surface area (Å²) in [5.41, 5.74) is 3.62. The quantitative estimate of drug-likeness (QED) is 0.854. The Kier molecular flexibility index (Phi) is 5.12. The molecule has 0 aliphatic rings. The van der Waals surface area contributed by atoms with Crippen LogP contribution in [0.2, 0.25) is 0 Å². The van der Waals surface area contributed by atoms with Gasteiger partial charge in [0.05, 0.1) is 0 Å². The van der Waals surface area contributed by atoms with Crippen LogP contribution in [0.4, 0.5) is 11.4 Å². The van der Waals surface area contributed by atoms with Crippen molar-refractivity contribution in [2.75, 3.05) is 24.3 Å². The van der Waals surface area contributed by atoms with Crippen LogP contribution in [0.25, 0.3) is 0 Å². The van der Waals surface area contributed by atoms with E-state index in [9.17, 15) is 4.79 Å². The highest BCUT2D eigenvalue weighted by Gasteiger charge is 2.07. The molecular formula is C17H19N3OS. The molecule has 22 heavy (non-hydrogen) atoms. The molecule has 0 fully saturated rings. The van der Waals surface area contributed by atoms with Gasteiger partial charge in [-0.05, 0) is 55.5 Å². The second-order valence-electron chi connectivity index (χ2n) is 5.22. The number of aryl methyl sites for hydroxylation is 1. The number of thiocarbonyl (C=S) groups is 1. The highest BCUT2D eigenvalue weighted by atomic mass is 32.1. The first-order valence-corrected chi connectivity index (χ1v) is 7.33. The van der Waals surface area contributed by atoms with Crippen molar-refractivity contribution in [3.05, 3.63) is 59.7 Å². The Labute approximate surface area is 136 Å². The number of nitrogens with one attached hydrogen (secondary N) is 2. The molecule has 0 spiro atoms. The van der Waals surface area contributed by atoms with E-state index in [1.54, 1.807) is 12.1 Å². The zero-order chi connectivity index (χ0) is 16.1. The van der Waals surface area contributed by atoms with Gasteiger partial charge < -0.3 is 10.2 Å². The van der Waals surface area contributed by atoms with Crippen LogP contribution in [0.3, 0.4) is 0 Å². The zero-order valence-electron chi connectivity index (χ0n) is 12.9. The van der Waals surface area contributed by atoms with Crippen LogP contribution in [0.5, 0.6) is 0 Å². The van der Waals surface area contributed by atoms with Crippen molar-refractivity contribution < 1.29 is 4.79 Å². The predicted octanol–water partition coefficient (Wildman–Crippen LogP) is 3.19. The number of amides is 1. The summed E-state index contributed by atoms with van der Waals surface area (Å²) in [5.74, 6) is -0.220. The van der Waals surface area contributed by atoms with E-state index in [4.69, 9.17) is 12.2 Å². The predicted molar refractivity (Wildman–Crippen MR) is 95.6 cm³/mol. The van der Waals surface area contributed by atoms with Gasteiger partial charge in [0.15, 0.2) is 5.11 Å². The van der Waals surface area contributed by atoms with Crippen molar-refractivity contribution in [1.82, 2.24) is 5.32 Å². The van der Waals surface area contributed by atoms with Gasteiger partial charge in [0, 0.05) is 31.0 Å². The first-order chi connectivity index (χ1) is 10.5. The minimum Gasteiger partial charge on any atom is -0.378 e. The van der Waals surface area contributed by atoms with E-state index in [0.29, 0.717) is 5.56 Å². The number of anilines is 2. The van der Waals surface area contributed by atoms with E-state index in [-0.39, 0.29) is 11.0 Å². The van der Waals surface area contributed by atoms with Gasteiger partial charge in [0.1, 0.15) is 0 Å². The molecule has 1 amide bonds. The fraction of sp³-hybridized carbons (Fsp3) is 0.176. The highest BCUT2D eigenvalue weighted by molar-refractivity contribution is 7.80. The molecule has 5 heteroatoms. The fourth-order valence-corrected chi connectivity index (χ4v) is 2.10. The Bertz CT molecular complexity index is 663. The number of carbonyl (C=O) groups excluding carboxylic acids is 1. The monoisotopic (exact) mass is 313 g/mol. The first kappa shape index (κ1) is 16.0. The summed E-state index contributed by atoms with van der Waals surface area (Å²) in [6.07, 6.45) is 0. The van der Waals surface area contributed by atoms with Gasteiger partial charge in [-0.1, -0.05) is 17.7 Å². The van der Waals surface area contributed by atoms with E-state index < -0.39 is 0 Å².